The van der Waals surface area contributed by atoms with Gasteiger partial charge in [-0.15, -0.1) is 0 Å². The third kappa shape index (κ3) is 4.61. The van der Waals surface area contributed by atoms with Gasteiger partial charge in [0.25, 0.3) is 0 Å². The monoisotopic (exact) mass is 385 g/mol. The Morgan fingerprint density at radius 3 is 2.81 bits per heavy atom. The molecule has 0 aromatic heterocycles. The average molecular weight is 386 g/mol. The van der Waals surface area contributed by atoms with Gasteiger partial charge < -0.3 is 15.1 Å². The van der Waals surface area contributed by atoms with E-state index in [1.54, 1.807) is 18.2 Å². The highest BCUT2D eigenvalue weighted by molar-refractivity contribution is 6.31. The van der Waals surface area contributed by atoms with Crippen molar-refractivity contribution in [3.05, 3.63) is 58.6 Å². The summed E-state index contributed by atoms with van der Waals surface area (Å²) >= 11 is 5.98. The van der Waals surface area contributed by atoms with Gasteiger partial charge in [0.2, 0.25) is 11.8 Å². The molecule has 0 atom stereocenters. The molecule has 0 spiro atoms. The molecule has 1 heterocycles. The summed E-state index contributed by atoms with van der Waals surface area (Å²) in [6.07, 6.45) is 1.13. The van der Waals surface area contributed by atoms with Crippen molar-refractivity contribution < 1.29 is 9.59 Å². The van der Waals surface area contributed by atoms with E-state index in [4.69, 9.17) is 11.6 Å². The van der Waals surface area contributed by atoms with Gasteiger partial charge in [-0.3, -0.25) is 9.59 Å². The predicted octanol–water partition coefficient (Wildman–Crippen LogP) is 3.18. The number of halogens is 1. The number of aryl methyl sites for hydroxylation is 1. The van der Waals surface area contributed by atoms with Gasteiger partial charge in [0.15, 0.2) is 0 Å². The highest BCUT2D eigenvalue weighted by Crippen LogP contribution is 2.30. The maximum atomic E-state index is 12.2. The molecule has 0 fully saturated rings. The van der Waals surface area contributed by atoms with Crippen molar-refractivity contribution in [3.8, 4) is 0 Å². The van der Waals surface area contributed by atoms with Gasteiger partial charge in [0.05, 0.1) is 6.42 Å². The van der Waals surface area contributed by atoms with Crippen LogP contribution < -0.4 is 15.1 Å². The lowest BCUT2D eigenvalue weighted by molar-refractivity contribution is -0.123. The minimum absolute atomic E-state index is 0.0428. The fourth-order valence-corrected chi connectivity index (χ4v) is 3.58. The lowest BCUT2D eigenvalue weighted by Gasteiger charge is -2.21. The fourth-order valence-electron chi connectivity index (χ4n) is 3.38. The van der Waals surface area contributed by atoms with Crippen LogP contribution in [0.15, 0.2) is 42.5 Å². The number of carbonyl (C=O) groups excluding carboxylic acids is 2. The minimum atomic E-state index is -0.148. The number of benzene rings is 2. The molecule has 3 rings (SSSR count). The van der Waals surface area contributed by atoms with E-state index in [0.717, 1.165) is 24.2 Å². The molecule has 5 nitrogen and oxygen atoms in total. The third-order valence-corrected chi connectivity index (χ3v) is 5.03. The van der Waals surface area contributed by atoms with E-state index >= 15 is 0 Å². The molecule has 0 unspecified atom stereocenters. The van der Waals surface area contributed by atoms with Crippen molar-refractivity contribution in [1.82, 2.24) is 5.32 Å². The number of para-hydroxylation sites is 1. The molecule has 0 aliphatic carbocycles. The largest absolute Gasteiger partial charge is 0.374 e. The van der Waals surface area contributed by atoms with E-state index in [1.807, 2.05) is 12.1 Å². The molecule has 2 aromatic carbocycles. The summed E-state index contributed by atoms with van der Waals surface area (Å²) in [6, 6.07) is 13.6. The number of nitrogens with zero attached hydrogens (tertiary/aromatic N) is 2. The summed E-state index contributed by atoms with van der Waals surface area (Å²) in [5.41, 5.74) is 4.08. The molecule has 2 amide bonds. The fraction of sp³-hybridized carbons (Fsp3) is 0.333. The maximum absolute atomic E-state index is 12.2. The summed E-state index contributed by atoms with van der Waals surface area (Å²) in [4.78, 5) is 28.1. The molecule has 142 valence electrons. The normalized spacial score (nSPS) is 12.9. The van der Waals surface area contributed by atoms with Gasteiger partial charge in [0.1, 0.15) is 6.54 Å². The van der Waals surface area contributed by atoms with Gasteiger partial charge in [-0.1, -0.05) is 29.8 Å². The van der Waals surface area contributed by atoms with Gasteiger partial charge >= 0.3 is 0 Å². The Morgan fingerprint density at radius 1 is 1.26 bits per heavy atom. The van der Waals surface area contributed by atoms with Gasteiger partial charge in [-0.05, 0) is 48.7 Å². The number of rotatable bonds is 7. The van der Waals surface area contributed by atoms with Crippen LogP contribution in [0.2, 0.25) is 5.02 Å². The van der Waals surface area contributed by atoms with E-state index in [9.17, 15) is 9.59 Å². The number of hydrogen-bond donors (Lipinski definition) is 1. The molecule has 0 saturated heterocycles. The first-order valence-corrected chi connectivity index (χ1v) is 9.46. The Balaban J connectivity index is 1.46. The second kappa shape index (κ2) is 8.44. The summed E-state index contributed by atoms with van der Waals surface area (Å²) in [7, 11) is 2.05. The number of carbonyl (C=O) groups is 2. The van der Waals surface area contributed by atoms with Crippen LogP contribution in [-0.2, 0) is 16.0 Å². The first-order valence-electron chi connectivity index (χ1n) is 9.08. The molecule has 0 radical (unpaired) electrons. The van der Waals surface area contributed by atoms with Gasteiger partial charge in [-0.2, -0.15) is 0 Å². The van der Waals surface area contributed by atoms with E-state index in [-0.39, 0.29) is 18.4 Å². The molecule has 1 aliphatic heterocycles. The number of fused-ring (bicyclic) bond motifs is 1. The van der Waals surface area contributed by atoms with Crippen LogP contribution in [0.5, 0.6) is 0 Å². The van der Waals surface area contributed by atoms with Crippen LogP contribution in [0.4, 0.5) is 11.4 Å². The second-order valence-electron chi connectivity index (χ2n) is 6.84. The van der Waals surface area contributed by atoms with Crippen LogP contribution in [0, 0.1) is 6.92 Å². The number of anilines is 2. The SMILES string of the molecule is Cc1ccccc1N(C)CCCNC(=O)CN1C(=O)Cc2cc(Cl)ccc21. The van der Waals surface area contributed by atoms with Crippen molar-refractivity contribution in [2.24, 2.45) is 0 Å². The molecule has 0 bridgehead atoms. The van der Waals surface area contributed by atoms with Crippen LogP contribution in [0.3, 0.4) is 0 Å². The summed E-state index contributed by atoms with van der Waals surface area (Å²) < 4.78 is 0. The summed E-state index contributed by atoms with van der Waals surface area (Å²) in [5, 5.41) is 3.51. The highest BCUT2D eigenvalue weighted by Gasteiger charge is 2.28. The van der Waals surface area contributed by atoms with Crippen LogP contribution >= 0.6 is 11.6 Å². The topological polar surface area (TPSA) is 52.7 Å². The van der Waals surface area contributed by atoms with Gasteiger partial charge in [-0.25, -0.2) is 0 Å². The molecule has 2 aromatic rings. The second-order valence-corrected chi connectivity index (χ2v) is 7.28. The average Bonchev–Trinajstić information content (AvgIpc) is 2.93. The third-order valence-electron chi connectivity index (χ3n) is 4.80. The van der Waals surface area contributed by atoms with E-state index in [1.165, 1.54) is 16.2 Å². The minimum Gasteiger partial charge on any atom is -0.374 e. The zero-order chi connectivity index (χ0) is 19.4. The van der Waals surface area contributed by atoms with Crippen molar-refractivity contribution >= 4 is 34.8 Å². The Hall–Kier alpha value is -2.53. The molecular weight excluding hydrogens is 362 g/mol. The quantitative estimate of drug-likeness (QED) is 0.745. The van der Waals surface area contributed by atoms with Crippen molar-refractivity contribution in [3.63, 3.8) is 0 Å². The van der Waals surface area contributed by atoms with E-state index < -0.39 is 0 Å². The Kier molecular flexibility index (Phi) is 6.01. The number of nitrogens with one attached hydrogen (secondary N) is 1. The predicted molar refractivity (Wildman–Crippen MR) is 110 cm³/mol. The smallest absolute Gasteiger partial charge is 0.240 e. The number of amides is 2. The van der Waals surface area contributed by atoms with E-state index in [0.29, 0.717) is 18.0 Å². The zero-order valence-electron chi connectivity index (χ0n) is 15.7. The Labute approximate surface area is 164 Å². The molecular formula is C21H24ClN3O2. The zero-order valence-corrected chi connectivity index (χ0v) is 16.4. The molecule has 6 heteroatoms. The van der Waals surface area contributed by atoms with Crippen molar-refractivity contribution in [2.45, 2.75) is 19.8 Å². The highest BCUT2D eigenvalue weighted by atomic mass is 35.5. The summed E-state index contributed by atoms with van der Waals surface area (Å²) in [6.45, 7) is 3.55. The molecule has 27 heavy (non-hydrogen) atoms. The molecule has 1 aliphatic rings. The van der Waals surface area contributed by atoms with Crippen molar-refractivity contribution in [2.75, 3.05) is 36.5 Å². The first-order chi connectivity index (χ1) is 13.0. The first kappa shape index (κ1) is 19.2. The maximum Gasteiger partial charge on any atom is 0.240 e. The number of hydrogen-bond acceptors (Lipinski definition) is 3. The van der Waals surface area contributed by atoms with Crippen LogP contribution in [0.1, 0.15) is 17.5 Å². The van der Waals surface area contributed by atoms with Gasteiger partial charge in [0, 0.05) is 36.5 Å². The molecule has 1 N–H and O–H groups in total. The van der Waals surface area contributed by atoms with Crippen LogP contribution in [-0.4, -0.2) is 38.5 Å². The summed E-state index contributed by atoms with van der Waals surface area (Å²) in [5.74, 6) is -0.216. The Morgan fingerprint density at radius 2 is 2.04 bits per heavy atom. The van der Waals surface area contributed by atoms with Crippen molar-refractivity contribution in [1.29, 1.82) is 0 Å². The van der Waals surface area contributed by atoms with E-state index in [2.05, 4.69) is 36.3 Å². The lowest BCUT2D eigenvalue weighted by atomic mass is 10.2. The molecule has 0 saturated carbocycles. The van der Waals surface area contributed by atoms with Crippen LogP contribution in [0.25, 0.3) is 0 Å². The Bertz CT molecular complexity index is 853. The lowest BCUT2D eigenvalue weighted by Crippen LogP contribution is -2.39. The standard InChI is InChI=1S/C21H24ClN3O2/c1-15-6-3-4-7-18(15)24(2)11-5-10-23-20(26)14-25-19-9-8-17(22)12-16(19)13-21(25)27/h3-4,6-9,12H,5,10-11,13-14H2,1-2H3,(H,23,26).